The van der Waals surface area contributed by atoms with Crippen LogP contribution >= 0.6 is 0 Å². The lowest BCUT2D eigenvalue weighted by molar-refractivity contribution is -0.123. The number of halogens is 3. The maximum atomic E-state index is 14.0. The number of alkyl halides is 3. The average molecular weight is 614 g/mol. The van der Waals surface area contributed by atoms with Gasteiger partial charge in [0.1, 0.15) is 18.2 Å². The number of carbonyl (C=O) groups excluding carboxylic acids is 3. The Balaban J connectivity index is 1.48. The molecule has 11 nitrogen and oxygen atoms in total. The summed E-state index contributed by atoms with van der Waals surface area (Å²) in [6.45, 7) is 6.24. The van der Waals surface area contributed by atoms with Crippen LogP contribution in [0.25, 0.3) is 16.8 Å². The van der Waals surface area contributed by atoms with E-state index in [1.165, 1.54) is 15.7 Å². The molecule has 44 heavy (non-hydrogen) atoms. The van der Waals surface area contributed by atoms with Crippen molar-refractivity contribution < 1.29 is 32.3 Å². The van der Waals surface area contributed by atoms with Gasteiger partial charge in [-0.3, -0.25) is 13.8 Å². The molecular formula is C30H34F3N7O4. The maximum Gasteiger partial charge on any atom is 0.408 e. The topological polar surface area (TPSA) is 123 Å². The minimum Gasteiger partial charge on any atom is -0.444 e. The molecule has 0 bridgehead atoms. The average Bonchev–Trinajstić information content (AvgIpc) is 3.69. The van der Waals surface area contributed by atoms with Crippen molar-refractivity contribution >= 4 is 34.8 Å². The number of fused-ring (bicyclic) bond motifs is 3. The summed E-state index contributed by atoms with van der Waals surface area (Å²) in [7, 11) is 0. The number of carbonyl (C=O) groups is 3. The minimum absolute atomic E-state index is 0.0287. The highest BCUT2D eigenvalue weighted by Crippen LogP contribution is 2.36. The monoisotopic (exact) mass is 613 g/mol. The fourth-order valence-corrected chi connectivity index (χ4v) is 5.58. The van der Waals surface area contributed by atoms with Crippen LogP contribution in [-0.2, 0) is 4.74 Å². The standard InChI is InChI=1S/C30H34F3N7O4/c1-5-18-15-38(27(42)36-17-30(31,32)33)16-20(18)22-13-34-23-14-35-25-21(40(22)23)11-12-39(25)26(41)24(19-9-7-6-8-10-19)37-28(43)44-29(2,3)4/h6-14,18,20,24H,5,15-17H2,1-4H3,(H,36,42)(H,37,43)/t18-,20+,24+/m1/s1. The summed E-state index contributed by atoms with van der Waals surface area (Å²) in [6, 6.07) is 8.65. The van der Waals surface area contributed by atoms with Crippen molar-refractivity contribution in [2.75, 3.05) is 19.6 Å². The van der Waals surface area contributed by atoms with E-state index in [-0.39, 0.29) is 18.4 Å². The van der Waals surface area contributed by atoms with Crippen molar-refractivity contribution in [3.05, 3.63) is 66.2 Å². The Morgan fingerprint density at radius 2 is 1.77 bits per heavy atom. The minimum atomic E-state index is -4.51. The van der Waals surface area contributed by atoms with Crippen LogP contribution in [0.15, 0.2) is 55.0 Å². The van der Waals surface area contributed by atoms with Gasteiger partial charge in [0.25, 0.3) is 5.91 Å². The molecule has 1 aromatic carbocycles. The molecular weight excluding hydrogens is 579 g/mol. The molecule has 2 N–H and O–H groups in total. The van der Waals surface area contributed by atoms with Crippen molar-refractivity contribution in [2.24, 2.45) is 5.92 Å². The van der Waals surface area contributed by atoms with E-state index in [0.717, 1.165) is 5.69 Å². The van der Waals surface area contributed by atoms with Crippen molar-refractivity contribution in [1.82, 2.24) is 34.5 Å². The Labute approximate surface area is 251 Å². The van der Waals surface area contributed by atoms with E-state index in [0.29, 0.717) is 35.3 Å². The Hall–Kier alpha value is -4.62. The summed E-state index contributed by atoms with van der Waals surface area (Å²) in [6.07, 6.45) is 0.197. The zero-order valence-corrected chi connectivity index (χ0v) is 24.8. The molecule has 4 heterocycles. The van der Waals surface area contributed by atoms with Crippen LogP contribution in [-0.4, -0.2) is 73.3 Å². The number of imidazole rings is 1. The van der Waals surface area contributed by atoms with Gasteiger partial charge in [0.2, 0.25) is 0 Å². The van der Waals surface area contributed by atoms with Gasteiger partial charge in [0, 0.05) is 37.1 Å². The van der Waals surface area contributed by atoms with Crippen LogP contribution in [0.3, 0.4) is 0 Å². The number of rotatable bonds is 6. The van der Waals surface area contributed by atoms with Gasteiger partial charge in [-0.2, -0.15) is 13.2 Å². The molecule has 0 aliphatic carbocycles. The Bertz CT molecular complexity index is 1680. The number of nitrogens with zero attached hydrogens (tertiary/aromatic N) is 5. The van der Waals surface area contributed by atoms with Crippen LogP contribution in [0.5, 0.6) is 0 Å². The first-order chi connectivity index (χ1) is 20.8. The van der Waals surface area contributed by atoms with E-state index in [9.17, 15) is 27.6 Å². The third-order valence-electron chi connectivity index (χ3n) is 7.55. The van der Waals surface area contributed by atoms with Crippen molar-refractivity contribution in [2.45, 2.75) is 57.9 Å². The van der Waals surface area contributed by atoms with E-state index in [2.05, 4.69) is 15.3 Å². The zero-order valence-electron chi connectivity index (χ0n) is 24.8. The molecule has 5 rings (SSSR count). The maximum absolute atomic E-state index is 14.0. The third kappa shape index (κ3) is 6.48. The van der Waals surface area contributed by atoms with Crippen molar-refractivity contribution in [1.29, 1.82) is 0 Å². The number of amides is 3. The van der Waals surface area contributed by atoms with E-state index >= 15 is 0 Å². The number of ether oxygens (including phenoxy) is 1. The molecule has 1 aliphatic heterocycles. The highest BCUT2D eigenvalue weighted by atomic mass is 19.4. The molecule has 234 valence electrons. The van der Waals surface area contributed by atoms with Crippen LogP contribution in [0.4, 0.5) is 22.8 Å². The molecule has 0 radical (unpaired) electrons. The summed E-state index contributed by atoms with van der Waals surface area (Å²) >= 11 is 0. The van der Waals surface area contributed by atoms with Crippen molar-refractivity contribution in [3.8, 4) is 0 Å². The lowest BCUT2D eigenvalue weighted by Crippen LogP contribution is -2.42. The molecule has 1 fully saturated rings. The largest absolute Gasteiger partial charge is 0.444 e. The number of likely N-dealkylation sites (tertiary alicyclic amines) is 1. The molecule has 14 heteroatoms. The highest BCUT2D eigenvalue weighted by molar-refractivity contribution is 5.95. The molecule has 0 saturated carbocycles. The first-order valence-corrected chi connectivity index (χ1v) is 14.3. The van der Waals surface area contributed by atoms with Crippen molar-refractivity contribution in [3.63, 3.8) is 0 Å². The highest BCUT2D eigenvalue weighted by Gasteiger charge is 2.38. The van der Waals surface area contributed by atoms with Crippen LogP contribution < -0.4 is 10.6 Å². The molecule has 3 amide bonds. The van der Waals surface area contributed by atoms with Gasteiger partial charge < -0.3 is 20.3 Å². The van der Waals surface area contributed by atoms with E-state index in [1.807, 2.05) is 16.6 Å². The third-order valence-corrected chi connectivity index (χ3v) is 7.55. The second kappa shape index (κ2) is 11.8. The summed E-state index contributed by atoms with van der Waals surface area (Å²) in [5.74, 6) is -0.716. The van der Waals surface area contributed by atoms with Crippen LogP contribution in [0.1, 0.15) is 62.1 Å². The lowest BCUT2D eigenvalue weighted by atomic mass is 9.91. The number of hydrogen-bond donors (Lipinski definition) is 2. The van der Waals surface area contributed by atoms with Gasteiger partial charge in [-0.15, -0.1) is 0 Å². The predicted octanol–water partition coefficient (Wildman–Crippen LogP) is 5.29. The second-order valence-corrected chi connectivity index (χ2v) is 11.8. The second-order valence-electron chi connectivity index (χ2n) is 11.8. The number of nitrogens with one attached hydrogen (secondary N) is 2. The Kier molecular flexibility index (Phi) is 8.28. The number of urea groups is 1. The van der Waals surface area contributed by atoms with Crippen LogP contribution in [0, 0.1) is 5.92 Å². The van der Waals surface area contributed by atoms with Gasteiger partial charge >= 0.3 is 18.3 Å². The van der Waals surface area contributed by atoms with E-state index < -0.39 is 42.4 Å². The number of alkyl carbamates (subject to hydrolysis) is 1. The predicted molar refractivity (Wildman–Crippen MR) is 155 cm³/mol. The lowest BCUT2D eigenvalue weighted by Gasteiger charge is -2.23. The number of benzene rings is 1. The fraction of sp³-hybridized carbons (Fsp3) is 0.433. The summed E-state index contributed by atoms with van der Waals surface area (Å²) < 4.78 is 46.7. The Morgan fingerprint density at radius 3 is 2.43 bits per heavy atom. The van der Waals surface area contributed by atoms with Gasteiger partial charge in [-0.1, -0.05) is 43.7 Å². The first-order valence-electron chi connectivity index (χ1n) is 14.3. The molecule has 0 unspecified atom stereocenters. The van der Waals surface area contributed by atoms with Crippen LogP contribution in [0.2, 0.25) is 0 Å². The molecule has 3 aromatic heterocycles. The molecule has 1 aliphatic rings. The summed E-state index contributed by atoms with van der Waals surface area (Å²) in [5, 5.41) is 4.64. The summed E-state index contributed by atoms with van der Waals surface area (Å²) in [4.78, 5) is 49.7. The molecule has 1 saturated heterocycles. The van der Waals surface area contributed by atoms with Gasteiger partial charge in [-0.05, 0) is 38.3 Å². The molecule has 3 atom stereocenters. The smallest absolute Gasteiger partial charge is 0.408 e. The SMILES string of the molecule is CC[C@@H]1CN(C(=O)NCC(F)(F)F)C[C@@H]1c1cnc2cnc3c(ccn3C(=O)[C@@H](NC(=O)OC(C)(C)C)c3ccccc3)n12. The molecule has 0 spiro atoms. The Morgan fingerprint density at radius 1 is 1.05 bits per heavy atom. The normalized spacial score (nSPS) is 18.0. The quantitative estimate of drug-likeness (QED) is 0.305. The van der Waals surface area contributed by atoms with E-state index in [1.54, 1.807) is 69.6 Å². The summed E-state index contributed by atoms with van der Waals surface area (Å²) in [5.41, 5.74) is 1.93. The number of aromatic nitrogens is 4. The first kappa shape index (κ1) is 30.8. The van der Waals surface area contributed by atoms with Gasteiger partial charge in [0.15, 0.2) is 11.3 Å². The van der Waals surface area contributed by atoms with Gasteiger partial charge in [-0.25, -0.2) is 19.6 Å². The molecule has 4 aromatic rings. The fourth-order valence-electron chi connectivity index (χ4n) is 5.58. The van der Waals surface area contributed by atoms with E-state index in [4.69, 9.17) is 4.74 Å². The number of hydrogen-bond acceptors (Lipinski definition) is 6. The van der Waals surface area contributed by atoms with Gasteiger partial charge in [0.05, 0.1) is 11.7 Å². The zero-order chi connectivity index (χ0) is 31.8.